The number of nitrogens with zero attached hydrogens (tertiary/aromatic N) is 1. The molecule has 7 heteroatoms. The Balaban J connectivity index is 1.92. The molecule has 2 aromatic rings. The van der Waals surface area contributed by atoms with Gasteiger partial charge in [-0.3, -0.25) is 9.69 Å². The normalized spacial score (nSPS) is 16.4. The molecular formula is C16H9ClINO2S2. The highest BCUT2D eigenvalue weighted by atomic mass is 127. The average molecular weight is 474 g/mol. The largest absolute Gasteiger partial charge is 0.507 e. The zero-order valence-electron chi connectivity index (χ0n) is 11.5. The number of carbonyl (C=O) groups excluding carboxylic acids is 1. The zero-order valence-corrected chi connectivity index (χ0v) is 16.0. The second kappa shape index (κ2) is 6.80. The second-order valence-electron chi connectivity index (χ2n) is 4.70. The molecule has 1 saturated heterocycles. The quantitative estimate of drug-likeness (QED) is 0.376. The van der Waals surface area contributed by atoms with Crippen LogP contribution in [0.3, 0.4) is 0 Å². The first kappa shape index (κ1) is 16.8. The summed E-state index contributed by atoms with van der Waals surface area (Å²) in [5.41, 5.74) is 1.53. The number of hydrogen-bond acceptors (Lipinski definition) is 4. The fourth-order valence-corrected chi connectivity index (χ4v) is 4.01. The van der Waals surface area contributed by atoms with Gasteiger partial charge in [-0.25, -0.2) is 0 Å². The van der Waals surface area contributed by atoms with Crippen LogP contribution >= 0.6 is 58.2 Å². The minimum absolute atomic E-state index is 0.162. The van der Waals surface area contributed by atoms with E-state index in [4.69, 9.17) is 23.8 Å². The average Bonchev–Trinajstić information content (AvgIpc) is 2.79. The van der Waals surface area contributed by atoms with Crippen molar-refractivity contribution >= 4 is 80.2 Å². The first-order valence-electron chi connectivity index (χ1n) is 6.48. The molecule has 2 aromatic carbocycles. The highest BCUT2D eigenvalue weighted by Gasteiger charge is 2.33. The van der Waals surface area contributed by atoms with Gasteiger partial charge < -0.3 is 5.11 Å². The van der Waals surface area contributed by atoms with Crippen molar-refractivity contribution in [3.63, 3.8) is 0 Å². The van der Waals surface area contributed by atoms with Gasteiger partial charge in [-0.15, -0.1) is 0 Å². The van der Waals surface area contributed by atoms with Gasteiger partial charge in [0.05, 0.1) is 14.2 Å². The van der Waals surface area contributed by atoms with Gasteiger partial charge in [0, 0.05) is 5.02 Å². The van der Waals surface area contributed by atoms with Crippen LogP contribution in [-0.2, 0) is 4.79 Å². The van der Waals surface area contributed by atoms with Crippen LogP contribution in [0.1, 0.15) is 5.56 Å². The summed E-state index contributed by atoms with van der Waals surface area (Å²) < 4.78 is 1.21. The van der Waals surface area contributed by atoms with Crippen LogP contribution in [0.15, 0.2) is 47.4 Å². The van der Waals surface area contributed by atoms with Crippen LogP contribution in [0, 0.1) is 3.57 Å². The number of thioether (sulfide) groups is 1. The van der Waals surface area contributed by atoms with Crippen molar-refractivity contribution < 1.29 is 9.90 Å². The highest BCUT2D eigenvalue weighted by molar-refractivity contribution is 14.1. The van der Waals surface area contributed by atoms with Crippen molar-refractivity contribution in [2.45, 2.75) is 0 Å². The molecule has 0 aliphatic carbocycles. The third-order valence-corrected chi connectivity index (χ3v) is 5.57. The van der Waals surface area contributed by atoms with Crippen molar-refractivity contribution in [3.05, 3.63) is 61.5 Å². The van der Waals surface area contributed by atoms with Crippen molar-refractivity contribution in [3.8, 4) is 5.75 Å². The monoisotopic (exact) mass is 473 g/mol. The molecular weight excluding hydrogens is 465 g/mol. The maximum absolute atomic E-state index is 12.6. The van der Waals surface area contributed by atoms with Crippen LogP contribution in [0.4, 0.5) is 5.69 Å². The van der Waals surface area contributed by atoms with Crippen LogP contribution < -0.4 is 4.90 Å². The summed E-state index contributed by atoms with van der Waals surface area (Å²) in [6, 6.07) is 12.1. The Morgan fingerprint density at radius 2 is 1.91 bits per heavy atom. The number of amides is 1. The Morgan fingerprint density at radius 1 is 1.22 bits per heavy atom. The SMILES string of the molecule is O=C1/C(=C\c2ccc(O)c(I)c2)SC(=S)N1c1ccc(Cl)cc1. The first-order valence-corrected chi connectivity index (χ1v) is 9.16. The number of aromatic hydroxyl groups is 1. The van der Waals surface area contributed by atoms with Crippen LogP contribution in [-0.4, -0.2) is 15.3 Å². The Hall–Kier alpha value is -1.09. The minimum atomic E-state index is -0.162. The molecule has 0 spiro atoms. The molecule has 1 fully saturated rings. The van der Waals surface area contributed by atoms with E-state index in [0.717, 1.165) is 9.13 Å². The van der Waals surface area contributed by atoms with Gasteiger partial charge in [0.25, 0.3) is 5.91 Å². The first-order chi connectivity index (χ1) is 11.0. The maximum atomic E-state index is 12.6. The standard InChI is InChI=1S/C16H9ClINO2S2/c17-10-2-4-11(5-3-10)19-15(21)14(23-16(19)22)8-9-1-6-13(20)12(18)7-9/h1-8,20H/b14-8+. The Bertz CT molecular complexity index is 836. The lowest BCUT2D eigenvalue weighted by Crippen LogP contribution is -2.27. The Kier molecular flexibility index (Phi) is 4.96. The predicted octanol–water partition coefficient (Wildman–Crippen LogP) is 5.06. The molecule has 23 heavy (non-hydrogen) atoms. The topological polar surface area (TPSA) is 40.5 Å². The van der Waals surface area contributed by atoms with E-state index in [-0.39, 0.29) is 11.7 Å². The van der Waals surface area contributed by atoms with Crippen molar-refractivity contribution in [2.24, 2.45) is 0 Å². The highest BCUT2D eigenvalue weighted by Crippen LogP contribution is 2.36. The van der Waals surface area contributed by atoms with Gasteiger partial charge in [-0.2, -0.15) is 0 Å². The molecule has 0 bridgehead atoms. The number of halogens is 2. The molecule has 0 radical (unpaired) electrons. The molecule has 1 aliphatic heterocycles. The van der Waals surface area contributed by atoms with Crippen molar-refractivity contribution in [2.75, 3.05) is 4.90 Å². The Labute approximate surface area is 161 Å². The predicted molar refractivity (Wildman–Crippen MR) is 108 cm³/mol. The number of rotatable bonds is 2. The van der Waals surface area contributed by atoms with Gasteiger partial charge in [-0.05, 0) is 70.6 Å². The number of phenols is 1. The molecule has 0 atom stereocenters. The maximum Gasteiger partial charge on any atom is 0.270 e. The summed E-state index contributed by atoms with van der Waals surface area (Å²) >= 11 is 14.5. The zero-order chi connectivity index (χ0) is 16.6. The molecule has 3 rings (SSSR count). The van der Waals surface area contributed by atoms with Crippen LogP contribution in [0.25, 0.3) is 6.08 Å². The van der Waals surface area contributed by atoms with E-state index in [1.54, 1.807) is 42.5 Å². The number of carbonyl (C=O) groups is 1. The number of benzene rings is 2. The molecule has 116 valence electrons. The number of phenolic OH excluding ortho intramolecular Hbond substituents is 1. The van der Waals surface area contributed by atoms with Gasteiger partial charge in [-0.1, -0.05) is 41.6 Å². The molecule has 3 nitrogen and oxygen atoms in total. The number of thiocarbonyl (C=S) groups is 1. The van der Waals surface area contributed by atoms with Gasteiger partial charge in [0.1, 0.15) is 5.75 Å². The van der Waals surface area contributed by atoms with Gasteiger partial charge >= 0.3 is 0 Å². The van der Waals surface area contributed by atoms with E-state index >= 15 is 0 Å². The van der Waals surface area contributed by atoms with E-state index in [9.17, 15) is 9.90 Å². The third kappa shape index (κ3) is 3.55. The Morgan fingerprint density at radius 3 is 2.57 bits per heavy atom. The minimum Gasteiger partial charge on any atom is -0.507 e. The summed E-state index contributed by atoms with van der Waals surface area (Å²) in [6.07, 6.45) is 1.77. The number of anilines is 1. The van der Waals surface area contributed by atoms with E-state index in [2.05, 4.69) is 0 Å². The molecule has 0 unspecified atom stereocenters. The van der Waals surface area contributed by atoms with Gasteiger partial charge in [0.2, 0.25) is 0 Å². The summed E-state index contributed by atoms with van der Waals surface area (Å²) in [5.74, 6) is 0.0573. The molecule has 1 amide bonds. The number of hydrogen-bond donors (Lipinski definition) is 1. The second-order valence-corrected chi connectivity index (χ2v) is 7.98. The molecule has 1 N–H and O–H groups in total. The van der Waals surface area contributed by atoms with E-state index in [1.807, 2.05) is 28.7 Å². The lowest BCUT2D eigenvalue weighted by atomic mass is 10.2. The summed E-state index contributed by atoms with van der Waals surface area (Å²) in [7, 11) is 0. The molecule has 0 saturated carbocycles. The third-order valence-electron chi connectivity index (χ3n) is 3.15. The molecule has 1 aliphatic rings. The van der Waals surface area contributed by atoms with E-state index < -0.39 is 0 Å². The summed E-state index contributed by atoms with van der Waals surface area (Å²) in [5, 5.41) is 10.2. The summed E-state index contributed by atoms with van der Waals surface area (Å²) in [6.45, 7) is 0. The van der Waals surface area contributed by atoms with Crippen molar-refractivity contribution in [1.29, 1.82) is 0 Å². The lowest BCUT2D eigenvalue weighted by molar-refractivity contribution is -0.113. The smallest absolute Gasteiger partial charge is 0.270 e. The van der Waals surface area contributed by atoms with Gasteiger partial charge in [0.15, 0.2) is 4.32 Å². The van der Waals surface area contributed by atoms with Crippen molar-refractivity contribution in [1.82, 2.24) is 0 Å². The van der Waals surface area contributed by atoms with E-state index in [1.165, 1.54) is 16.7 Å². The van der Waals surface area contributed by atoms with Crippen LogP contribution in [0.5, 0.6) is 5.75 Å². The molecule has 1 heterocycles. The fourth-order valence-electron chi connectivity index (χ4n) is 2.04. The molecule has 0 aromatic heterocycles. The lowest BCUT2D eigenvalue weighted by Gasteiger charge is -2.14. The summed E-state index contributed by atoms with van der Waals surface area (Å²) in [4.78, 5) is 14.7. The van der Waals surface area contributed by atoms with E-state index in [0.29, 0.717) is 19.9 Å². The fraction of sp³-hybridized carbons (Fsp3) is 0. The van der Waals surface area contributed by atoms with Crippen LogP contribution in [0.2, 0.25) is 5.02 Å².